The molecule has 124 valence electrons. The number of hydrogen-bond acceptors (Lipinski definition) is 2. The largest absolute Gasteiger partial charge is 0.419 e. The maximum atomic E-state index is 12.6. The minimum atomic E-state index is -4.60. The van der Waals surface area contributed by atoms with Gasteiger partial charge >= 0.3 is 6.18 Å². The van der Waals surface area contributed by atoms with Crippen molar-refractivity contribution in [2.45, 2.75) is 26.9 Å². The molecule has 3 nitrogen and oxygen atoms in total. The number of nitro groups is 1. The molecule has 0 unspecified atom stereocenters. The van der Waals surface area contributed by atoms with Crippen molar-refractivity contribution in [3.63, 3.8) is 0 Å². The number of halogens is 4. The lowest BCUT2D eigenvalue weighted by Gasteiger charge is -2.07. The summed E-state index contributed by atoms with van der Waals surface area (Å²) >= 11 is 0. The summed E-state index contributed by atoms with van der Waals surface area (Å²) in [6, 6.07) is 8.03. The van der Waals surface area contributed by atoms with Crippen LogP contribution >= 0.6 is 0 Å². The van der Waals surface area contributed by atoms with Gasteiger partial charge in [0.25, 0.3) is 5.69 Å². The van der Waals surface area contributed by atoms with Crippen LogP contribution in [-0.4, -0.2) is 4.92 Å². The average Bonchev–Trinajstić information content (AvgIpc) is 2.40. The molecule has 2 aromatic rings. The smallest absolute Gasteiger partial charge is 0.258 e. The number of rotatable bonds is 1. The molecule has 0 radical (unpaired) electrons. The lowest BCUT2D eigenvalue weighted by molar-refractivity contribution is -0.385. The van der Waals surface area contributed by atoms with Gasteiger partial charge in [0, 0.05) is 11.6 Å². The monoisotopic (exact) mass is 329 g/mol. The van der Waals surface area contributed by atoms with Gasteiger partial charge in [-0.3, -0.25) is 10.1 Å². The van der Waals surface area contributed by atoms with Crippen molar-refractivity contribution < 1.29 is 22.5 Å². The number of aryl methyl sites for hydroxylation is 3. The van der Waals surface area contributed by atoms with Crippen LogP contribution in [-0.2, 0) is 6.18 Å². The Bertz CT molecular complexity index is 712. The van der Waals surface area contributed by atoms with Crippen LogP contribution in [0.5, 0.6) is 0 Å². The third kappa shape index (κ3) is 5.36. The Morgan fingerprint density at radius 1 is 0.957 bits per heavy atom. The summed E-state index contributed by atoms with van der Waals surface area (Å²) in [5, 5.41) is 10.4. The van der Waals surface area contributed by atoms with E-state index in [0.717, 1.165) is 17.7 Å². The normalized spacial score (nSPS) is 10.7. The Labute approximate surface area is 130 Å². The van der Waals surface area contributed by atoms with Gasteiger partial charge in [0.1, 0.15) is 5.82 Å². The second kappa shape index (κ2) is 7.21. The summed E-state index contributed by atoms with van der Waals surface area (Å²) in [6.07, 6.45) is -4.60. The molecule has 0 fully saturated rings. The van der Waals surface area contributed by atoms with E-state index in [1.54, 1.807) is 19.1 Å². The van der Waals surface area contributed by atoms with E-state index in [0.29, 0.717) is 11.1 Å². The van der Waals surface area contributed by atoms with E-state index in [9.17, 15) is 27.7 Å². The third-order valence-corrected chi connectivity index (χ3v) is 2.99. The maximum absolute atomic E-state index is 12.6. The minimum Gasteiger partial charge on any atom is -0.258 e. The highest BCUT2D eigenvalue weighted by molar-refractivity contribution is 5.41. The van der Waals surface area contributed by atoms with Crippen LogP contribution in [0.15, 0.2) is 36.4 Å². The van der Waals surface area contributed by atoms with Crippen molar-refractivity contribution in [2.75, 3.05) is 0 Å². The van der Waals surface area contributed by atoms with Crippen molar-refractivity contribution in [3.8, 4) is 0 Å². The van der Waals surface area contributed by atoms with Crippen LogP contribution in [0.3, 0.4) is 0 Å². The van der Waals surface area contributed by atoms with E-state index in [-0.39, 0.29) is 10.6 Å². The predicted molar refractivity (Wildman–Crippen MR) is 78.7 cm³/mol. The number of hydrogen-bond donors (Lipinski definition) is 0. The molecule has 0 aliphatic heterocycles. The van der Waals surface area contributed by atoms with E-state index in [1.807, 2.05) is 13.0 Å². The van der Waals surface area contributed by atoms with Gasteiger partial charge < -0.3 is 0 Å². The molecule has 0 amide bonds. The lowest BCUT2D eigenvalue weighted by Crippen LogP contribution is -2.07. The van der Waals surface area contributed by atoms with E-state index < -0.39 is 17.6 Å². The Kier molecular flexibility index (Phi) is 5.84. The van der Waals surface area contributed by atoms with Gasteiger partial charge in [0.2, 0.25) is 0 Å². The highest BCUT2D eigenvalue weighted by atomic mass is 19.4. The molecule has 0 saturated carbocycles. The molecule has 0 aromatic heterocycles. The molecule has 0 heterocycles. The fourth-order valence-electron chi connectivity index (χ4n) is 1.77. The van der Waals surface area contributed by atoms with Crippen LogP contribution in [0.4, 0.5) is 23.2 Å². The Hall–Kier alpha value is -2.44. The Balaban J connectivity index is 0.000000231. The van der Waals surface area contributed by atoms with E-state index in [2.05, 4.69) is 0 Å². The van der Waals surface area contributed by atoms with Gasteiger partial charge in [-0.1, -0.05) is 18.2 Å². The number of benzene rings is 2. The van der Waals surface area contributed by atoms with Gasteiger partial charge in [0.15, 0.2) is 0 Å². The Morgan fingerprint density at radius 2 is 1.48 bits per heavy atom. The van der Waals surface area contributed by atoms with Gasteiger partial charge in [-0.25, -0.2) is 4.39 Å². The standard InChI is InChI=1S/C8H6F4.C8H9NO2/c1-5-2-3-6(7(9)4-5)8(10,11)12;1-6-3-4-7(2)8(5-6)9(10)11/h2-4H,1H3;3-5H,1-2H3. The number of nitro benzene ring substituents is 1. The van der Waals surface area contributed by atoms with Crippen molar-refractivity contribution >= 4 is 5.69 Å². The van der Waals surface area contributed by atoms with Gasteiger partial charge in [-0.15, -0.1) is 0 Å². The zero-order valence-corrected chi connectivity index (χ0v) is 12.7. The molecule has 0 bridgehead atoms. The first kappa shape index (κ1) is 18.6. The number of alkyl halides is 3. The van der Waals surface area contributed by atoms with Crippen molar-refractivity contribution in [3.05, 3.63) is 74.6 Å². The summed E-state index contributed by atoms with van der Waals surface area (Å²) < 4.78 is 48.4. The first-order valence-electron chi connectivity index (χ1n) is 6.57. The van der Waals surface area contributed by atoms with Gasteiger partial charge in [-0.05, 0) is 44.0 Å². The van der Waals surface area contributed by atoms with Crippen molar-refractivity contribution in [1.82, 2.24) is 0 Å². The molecule has 0 aliphatic carbocycles. The van der Waals surface area contributed by atoms with Crippen molar-refractivity contribution in [1.29, 1.82) is 0 Å². The zero-order valence-electron chi connectivity index (χ0n) is 12.7. The molecule has 2 rings (SSSR count). The van der Waals surface area contributed by atoms with E-state index in [1.165, 1.54) is 13.0 Å². The van der Waals surface area contributed by atoms with Crippen molar-refractivity contribution in [2.24, 2.45) is 0 Å². The lowest BCUT2D eigenvalue weighted by atomic mass is 10.1. The predicted octanol–water partition coefficient (Wildman–Crippen LogP) is 5.36. The molecule has 0 spiro atoms. The molecule has 23 heavy (non-hydrogen) atoms. The first-order valence-corrected chi connectivity index (χ1v) is 6.57. The topological polar surface area (TPSA) is 43.1 Å². The average molecular weight is 329 g/mol. The Morgan fingerprint density at radius 3 is 1.91 bits per heavy atom. The molecular weight excluding hydrogens is 314 g/mol. The molecular formula is C16H15F4NO2. The highest BCUT2D eigenvalue weighted by Crippen LogP contribution is 2.31. The SMILES string of the molecule is Cc1ccc(C(F)(F)F)c(F)c1.Cc1ccc(C)c([N+](=O)[O-])c1. The minimum absolute atomic E-state index is 0.199. The molecule has 2 aromatic carbocycles. The molecule has 0 atom stereocenters. The van der Waals surface area contributed by atoms with Gasteiger partial charge in [0.05, 0.1) is 10.5 Å². The fraction of sp³-hybridized carbons (Fsp3) is 0.250. The van der Waals surface area contributed by atoms with E-state index >= 15 is 0 Å². The molecule has 0 N–H and O–H groups in total. The maximum Gasteiger partial charge on any atom is 0.419 e. The van der Waals surface area contributed by atoms with Crippen LogP contribution in [0, 0.1) is 36.7 Å². The summed E-state index contributed by atoms with van der Waals surface area (Å²) in [6.45, 7) is 5.10. The van der Waals surface area contributed by atoms with E-state index in [4.69, 9.17) is 0 Å². The quantitative estimate of drug-likeness (QED) is 0.401. The molecule has 7 heteroatoms. The third-order valence-electron chi connectivity index (χ3n) is 2.99. The van der Waals surface area contributed by atoms with Gasteiger partial charge in [-0.2, -0.15) is 13.2 Å². The first-order chi connectivity index (χ1) is 10.5. The van der Waals surface area contributed by atoms with Crippen LogP contribution in [0.25, 0.3) is 0 Å². The number of nitrogens with zero attached hydrogens (tertiary/aromatic N) is 1. The second-order valence-electron chi connectivity index (χ2n) is 5.03. The summed E-state index contributed by atoms with van der Waals surface area (Å²) in [5.74, 6) is -1.22. The molecule has 0 saturated heterocycles. The van der Waals surface area contributed by atoms with Crippen LogP contribution in [0.2, 0.25) is 0 Å². The summed E-state index contributed by atoms with van der Waals surface area (Å²) in [7, 11) is 0. The molecule has 0 aliphatic rings. The zero-order chi connectivity index (χ0) is 17.8. The van der Waals surface area contributed by atoms with Crippen LogP contribution in [0.1, 0.15) is 22.3 Å². The highest BCUT2D eigenvalue weighted by Gasteiger charge is 2.33. The summed E-state index contributed by atoms with van der Waals surface area (Å²) in [5.41, 5.74) is 1.08. The fourth-order valence-corrected chi connectivity index (χ4v) is 1.77. The summed E-state index contributed by atoms with van der Waals surface area (Å²) in [4.78, 5) is 10.0. The van der Waals surface area contributed by atoms with Crippen LogP contribution < -0.4 is 0 Å². The second-order valence-corrected chi connectivity index (χ2v) is 5.03.